The van der Waals surface area contributed by atoms with Crippen LogP contribution < -0.4 is 0 Å². The third kappa shape index (κ3) is 1.21. The zero-order valence-corrected chi connectivity index (χ0v) is 6.90. The summed E-state index contributed by atoms with van der Waals surface area (Å²) in [7, 11) is 2.15. The topological polar surface area (TPSA) is 23.5 Å². The van der Waals surface area contributed by atoms with Gasteiger partial charge in [0.15, 0.2) is 0 Å². The highest BCUT2D eigenvalue weighted by Crippen LogP contribution is 2.30. The molecule has 0 saturated carbocycles. The molecule has 2 rings (SSSR count). The van der Waals surface area contributed by atoms with E-state index < -0.39 is 0 Å². The van der Waals surface area contributed by atoms with E-state index in [0.29, 0.717) is 12.0 Å². The van der Waals surface area contributed by atoms with Crippen molar-refractivity contribution in [3.8, 4) is 0 Å². The lowest BCUT2D eigenvalue weighted by Crippen LogP contribution is -2.34. The molecule has 3 atom stereocenters. The average molecular weight is 153 g/mol. The minimum absolute atomic E-state index is 0.197. The molecular weight excluding hydrogens is 138 g/mol. The van der Waals surface area contributed by atoms with E-state index in [2.05, 4.69) is 18.0 Å². The molecule has 0 bridgehead atoms. The first-order valence-electron chi connectivity index (χ1n) is 4.34. The second-order valence-electron chi connectivity index (χ2n) is 3.69. The van der Waals surface area contributed by atoms with Crippen LogP contribution in [0, 0.1) is 5.92 Å². The van der Waals surface area contributed by atoms with Crippen LogP contribution in [-0.2, 0) is 0 Å². The summed E-state index contributed by atoms with van der Waals surface area (Å²) in [5.41, 5.74) is 0. The van der Waals surface area contributed by atoms with Gasteiger partial charge in [-0.3, -0.25) is 0 Å². The molecule has 1 aliphatic carbocycles. The number of aliphatic hydroxyl groups is 1. The van der Waals surface area contributed by atoms with Crippen LogP contribution >= 0.6 is 0 Å². The van der Waals surface area contributed by atoms with Crippen molar-refractivity contribution in [3.63, 3.8) is 0 Å². The normalized spacial score (nSPS) is 44.4. The number of fused-ring (bicyclic) bond motifs is 1. The molecule has 11 heavy (non-hydrogen) atoms. The largest absolute Gasteiger partial charge is 0.389 e. The maximum absolute atomic E-state index is 9.36. The lowest BCUT2D eigenvalue weighted by Gasteiger charge is -2.28. The van der Waals surface area contributed by atoms with Crippen LogP contribution in [-0.4, -0.2) is 35.7 Å². The van der Waals surface area contributed by atoms with Gasteiger partial charge in [0.05, 0.1) is 6.10 Å². The second kappa shape index (κ2) is 2.61. The van der Waals surface area contributed by atoms with Crippen molar-refractivity contribution < 1.29 is 5.11 Å². The van der Waals surface area contributed by atoms with Crippen molar-refractivity contribution in [2.24, 2.45) is 5.92 Å². The van der Waals surface area contributed by atoms with Crippen molar-refractivity contribution in [3.05, 3.63) is 12.2 Å². The summed E-state index contributed by atoms with van der Waals surface area (Å²) in [6.45, 7) is 1.19. The number of aliphatic hydroxyl groups excluding tert-OH is 1. The first-order chi connectivity index (χ1) is 5.27. The Balaban J connectivity index is 2.12. The average Bonchev–Trinajstić information content (AvgIpc) is 2.33. The summed E-state index contributed by atoms with van der Waals surface area (Å²) in [5, 5.41) is 9.36. The van der Waals surface area contributed by atoms with Crippen molar-refractivity contribution >= 4 is 0 Å². The Morgan fingerprint density at radius 2 is 2.27 bits per heavy atom. The zero-order valence-electron chi connectivity index (χ0n) is 6.90. The van der Waals surface area contributed by atoms with Crippen LogP contribution in [0.4, 0.5) is 0 Å². The molecule has 62 valence electrons. The molecule has 2 aliphatic rings. The summed E-state index contributed by atoms with van der Waals surface area (Å²) in [5.74, 6) is 0.711. The first-order valence-corrected chi connectivity index (χ1v) is 4.34. The van der Waals surface area contributed by atoms with Gasteiger partial charge in [0.1, 0.15) is 0 Å². The smallest absolute Gasteiger partial charge is 0.0736 e. The predicted octanol–water partition coefficient (Wildman–Crippen LogP) is 0.627. The SMILES string of the molecule is CN1CCC2C=CC(O)CC21. The molecule has 2 heteroatoms. The van der Waals surface area contributed by atoms with Gasteiger partial charge in [-0.2, -0.15) is 0 Å². The van der Waals surface area contributed by atoms with E-state index in [1.807, 2.05) is 6.08 Å². The number of nitrogens with zero attached hydrogens (tertiary/aromatic N) is 1. The van der Waals surface area contributed by atoms with Crippen molar-refractivity contribution in [2.45, 2.75) is 25.0 Å². The van der Waals surface area contributed by atoms with Gasteiger partial charge in [0.25, 0.3) is 0 Å². The summed E-state index contributed by atoms with van der Waals surface area (Å²) >= 11 is 0. The molecule has 0 radical (unpaired) electrons. The molecule has 0 spiro atoms. The fourth-order valence-corrected chi connectivity index (χ4v) is 2.21. The minimum Gasteiger partial charge on any atom is -0.389 e. The molecule has 1 fully saturated rings. The second-order valence-corrected chi connectivity index (χ2v) is 3.69. The highest BCUT2D eigenvalue weighted by Gasteiger charge is 2.33. The van der Waals surface area contributed by atoms with Crippen LogP contribution in [0.5, 0.6) is 0 Å². The highest BCUT2D eigenvalue weighted by atomic mass is 16.3. The summed E-state index contributed by atoms with van der Waals surface area (Å²) in [4.78, 5) is 2.36. The quantitative estimate of drug-likeness (QED) is 0.516. The van der Waals surface area contributed by atoms with E-state index >= 15 is 0 Å². The monoisotopic (exact) mass is 153 g/mol. The fourth-order valence-electron chi connectivity index (χ4n) is 2.21. The Labute approximate surface area is 67.5 Å². The molecule has 1 heterocycles. The van der Waals surface area contributed by atoms with E-state index in [0.717, 1.165) is 6.42 Å². The van der Waals surface area contributed by atoms with Gasteiger partial charge in [0.2, 0.25) is 0 Å². The predicted molar refractivity (Wildman–Crippen MR) is 44.3 cm³/mol. The molecule has 0 amide bonds. The van der Waals surface area contributed by atoms with Gasteiger partial charge in [-0.15, -0.1) is 0 Å². The molecule has 0 aromatic heterocycles. The Bertz CT molecular complexity index is 178. The highest BCUT2D eigenvalue weighted by molar-refractivity contribution is 5.07. The maximum Gasteiger partial charge on any atom is 0.0736 e. The van der Waals surface area contributed by atoms with Gasteiger partial charge < -0.3 is 10.0 Å². The molecule has 0 aromatic rings. The number of likely N-dealkylation sites (tertiary alicyclic amines) is 1. The van der Waals surface area contributed by atoms with Gasteiger partial charge in [-0.05, 0) is 32.4 Å². The summed E-state index contributed by atoms with van der Waals surface area (Å²) in [6.07, 6.45) is 6.13. The third-order valence-electron chi connectivity index (χ3n) is 2.94. The van der Waals surface area contributed by atoms with Crippen molar-refractivity contribution in [1.29, 1.82) is 0 Å². The molecule has 1 aliphatic heterocycles. The van der Waals surface area contributed by atoms with E-state index in [9.17, 15) is 5.11 Å². The molecule has 1 N–H and O–H groups in total. The standard InChI is InChI=1S/C9H15NO/c1-10-5-4-7-2-3-8(11)6-9(7)10/h2-3,7-9,11H,4-6H2,1H3. The Morgan fingerprint density at radius 3 is 3.09 bits per heavy atom. The van der Waals surface area contributed by atoms with Gasteiger partial charge in [-0.25, -0.2) is 0 Å². The van der Waals surface area contributed by atoms with Gasteiger partial charge >= 0.3 is 0 Å². The summed E-state index contributed by atoms with van der Waals surface area (Å²) in [6, 6.07) is 0.606. The fraction of sp³-hybridized carbons (Fsp3) is 0.778. The molecular formula is C9H15NO. The number of hydrogen-bond acceptors (Lipinski definition) is 2. The van der Waals surface area contributed by atoms with Gasteiger partial charge in [0, 0.05) is 6.04 Å². The minimum atomic E-state index is -0.197. The molecule has 0 aromatic carbocycles. The maximum atomic E-state index is 9.36. The van der Waals surface area contributed by atoms with Gasteiger partial charge in [-0.1, -0.05) is 12.2 Å². The Hall–Kier alpha value is -0.340. The van der Waals surface area contributed by atoms with E-state index in [1.54, 1.807) is 0 Å². The lowest BCUT2D eigenvalue weighted by atomic mass is 9.90. The Kier molecular flexibility index (Phi) is 1.74. The molecule has 1 saturated heterocycles. The zero-order chi connectivity index (χ0) is 7.84. The number of hydrogen-bond donors (Lipinski definition) is 1. The van der Waals surface area contributed by atoms with E-state index in [-0.39, 0.29) is 6.10 Å². The van der Waals surface area contributed by atoms with Crippen molar-refractivity contribution in [1.82, 2.24) is 4.90 Å². The lowest BCUT2D eigenvalue weighted by molar-refractivity contribution is 0.147. The molecule has 2 nitrogen and oxygen atoms in total. The van der Waals surface area contributed by atoms with Crippen molar-refractivity contribution in [2.75, 3.05) is 13.6 Å². The van der Waals surface area contributed by atoms with Crippen LogP contribution in [0.25, 0.3) is 0 Å². The van der Waals surface area contributed by atoms with Crippen LogP contribution in [0.2, 0.25) is 0 Å². The van der Waals surface area contributed by atoms with Crippen LogP contribution in [0.15, 0.2) is 12.2 Å². The van der Waals surface area contributed by atoms with E-state index in [4.69, 9.17) is 0 Å². The number of rotatable bonds is 0. The Morgan fingerprint density at radius 1 is 1.45 bits per heavy atom. The molecule has 3 unspecified atom stereocenters. The van der Waals surface area contributed by atoms with Crippen LogP contribution in [0.1, 0.15) is 12.8 Å². The summed E-state index contributed by atoms with van der Waals surface area (Å²) < 4.78 is 0. The van der Waals surface area contributed by atoms with Crippen LogP contribution in [0.3, 0.4) is 0 Å². The van der Waals surface area contributed by atoms with E-state index in [1.165, 1.54) is 13.0 Å². The third-order valence-corrected chi connectivity index (χ3v) is 2.94. The first kappa shape index (κ1) is 7.32.